The summed E-state index contributed by atoms with van der Waals surface area (Å²) in [5.41, 5.74) is 0. The molecule has 0 bridgehead atoms. The van der Waals surface area contributed by atoms with Crippen molar-refractivity contribution in [1.29, 1.82) is 0 Å². The fraction of sp³-hybridized carbons (Fsp3) is 0.688. The molecule has 1 aliphatic carbocycles. The first kappa shape index (κ1) is 15.2. The molecule has 2 heterocycles. The summed E-state index contributed by atoms with van der Waals surface area (Å²) < 4.78 is 0. The van der Waals surface area contributed by atoms with Gasteiger partial charge in [0.05, 0.1) is 6.54 Å². The molecule has 0 atom stereocenters. The molecular weight excluding hydrogens is 278 g/mol. The number of carbonyl (C=O) groups excluding carboxylic acids is 1. The second-order valence-electron chi connectivity index (χ2n) is 6.12. The molecule has 2 aliphatic rings. The molecule has 1 saturated carbocycles. The van der Waals surface area contributed by atoms with Crippen molar-refractivity contribution < 1.29 is 4.79 Å². The SMILES string of the molecule is CCNC(=O)CN1CCCN(c2ccnc(C3CC3)n2)CC1. The molecule has 1 aromatic heterocycles. The highest BCUT2D eigenvalue weighted by Crippen LogP contribution is 2.38. The van der Waals surface area contributed by atoms with Gasteiger partial charge in [0.2, 0.25) is 5.91 Å². The molecule has 0 unspecified atom stereocenters. The molecular formula is C16H25N5O. The predicted molar refractivity (Wildman–Crippen MR) is 86.0 cm³/mol. The van der Waals surface area contributed by atoms with Crippen molar-refractivity contribution in [3.05, 3.63) is 18.1 Å². The topological polar surface area (TPSA) is 61.4 Å². The summed E-state index contributed by atoms with van der Waals surface area (Å²) in [4.78, 5) is 25.4. The maximum Gasteiger partial charge on any atom is 0.234 e. The third-order valence-corrected chi connectivity index (χ3v) is 4.26. The van der Waals surface area contributed by atoms with E-state index in [9.17, 15) is 4.79 Å². The van der Waals surface area contributed by atoms with E-state index in [0.717, 1.165) is 44.2 Å². The maximum atomic E-state index is 11.7. The predicted octanol–water partition coefficient (Wildman–Crippen LogP) is 1.00. The van der Waals surface area contributed by atoms with Gasteiger partial charge in [0.25, 0.3) is 0 Å². The third-order valence-electron chi connectivity index (χ3n) is 4.26. The molecule has 1 aliphatic heterocycles. The number of hydrogen-bond donors (Lipinski definition) is 1. The van der Waals surface area contributed by atoms with E-state index in [0.29, 0.717) is 19.0 Å². The molecule has 6 nitrogen and oxygen atoms in total. The van der Waals surface area contributed by atoms with Crippen LogP contribution >= 0.6 is 0 Å². The lowest BCUT2D eigenvalue weighted by Crippen LogP contribution is -2.39. The molecule has 0 aromatic carbocycles. The summed E-state index contributed by atoms with van der Waals surface area (Å²) in [6, 6.07) is 2.01. The fourth-order valence-corrected chi connectivity index (χ4v) is 2.89. The molecule has 1 amide bonds. The van der Waals surface area contributed by atoms with Crippen LogP contribution in [0.25, 0.3) is 0 Å². The molecule has 0 spiro atoms. The van der Waals surface area contributed by atoms with Crippen LogP contribution in [0.3, 0.4) is 0 Å². The van der Waals surface area contributed by atoms with Crippen molar-refractivity contribution in [3.8, 4) is 0 Å². The molecule has 22 heavy (non-hydrogen) atoms. The Morgan fingerprint density at radius 2 is 2.18 bits per heavy atom. The van der Waals surface area contributed by atoms with E-state index in [-0.39, 0.29) is 5.91 Å². The monoisotopic (exact) mass is 303 g/mol. The number of rotatable bonds is 5. The van der Waals surface area contributed by atoms with Crippen LogP contribution in [0.15, 0.2) is 12.3 Å². The summed E-state index contributed by atoms with van der Waals surface area (Å²) in [5.74, 6) is 2.74. The molecule has 1 aromatic rings. The summed E-state index contributed by atoms with van der Waals surface area (Å²) in [6.45, 7) is 6.93. The number of aromatic nitrogens is 2. The zero-order chi connectivity index (χ0) is 15.4. The quantitative estimate of drug-likeness (QED) is 0.879. The van der Waals surface area contributed by atoms with Gasteiger partial charge in [0.15, 0.2) is 0 Å². The highest BCUT2D eigenvalue weighted by Gasteiger charge is 2.27. The number of anilines is 1. The van der Waals surface area contributed by atoms with Gasteiger partial charge in [-0.2, -0.15) is 0 Å². The summed E-state index contributed by atoms with van der Waals surface area (Å²) in [5, 5.41) is 2.87. The standard InChI is InChI=1S/C16H25N5O/c1-2-17-15(22)12-20-8-3-9-21(11-10-20)14-6-7-18-16(19-14)13-4-5-13/h6-7,13H,2-5,8-12H2,1H3,(H,17,22). The van der Waals surface area contributed by atoms with Crippen LogP contribution in [-0.4, -0.2) is 60.0 Å². The van der Waals surface area contributed by atoms with Gasteiger partial charge in [-0.3, -0.25) is 9.69 Å². The van der Waals surface area contributed by atoms with Gasteiger partial charge in [-0.05, 0) is 32.3 Å². The van der Waals surface area contributed by atoms with E-state index >= 15 is 0 Å². The minimum Gasteiger partial charge on any atom is -0.355 e. The minimum atomic E-state index is 0.119. The van der Waals surface area contributed by atoms with E-state index in [4.69, 9.17) is 4.98 Å². The molecule has 1 saturated heterocycles. The number of carbonyl (C=O) groups is 1. The Balaban J connectivity index is 1.57. The summed E-state index contributed by atoms with van der Waals surface area (Å²) in [6.07, 6.45) is 5.39. The number of hydrogen-bond acceptors (Lipinski definition) is 5. The third kappa shape index (κ3) is 3.94. The fourth-order valence-electron chi connectivity index (χ4n) is 2.89. The van der Waals surface area contributed by atoms with E-state index in [2.05, 4.69) is 20.1 Å². The van der Waals surface area contributed by atoms with E-state index < -0.39 is 0 Å². The number of likely N-dealkylation sites (N-methyl/N-ethyl adjacent to an activating group) is 1. The summed E-state index contributed by atoms with van der Waals surface area (Å²) >= 11 is 0. The van der Waals surface area contributed by atoms with Crippen molar-refractivity contribution in [3.63, 3.8) is 0 Å². The van der Waals surface area contributed by atoms with Crippen LogP contribution in [0.2, 0.25) is 0 Å². The van der Waals surface area contributed by atoms with E-state index in [1.165, 1.54) is 12.8 Å². The lowest BCUT2D eigenvalue weighted by atomic mass is 10.3. The second kappa shape index (κ2) is 7.05. The maximum absolute atomic E-state index is 11.7. The first-order chi connectivity index (χ1) is 10.8. The number of nitrogens with zero attached hydrogens (tertiary/aromatic N) is 4. The van der Waals surface area contributed by atoms with Crippen LogP contribution in [-0.2, 0) is 4.79 Å². The molecule has 3 rings (SSSR count). The van der Waals surface area contributed by atoms with E-state index in [1.54, 1.807) is 0 Å². The average molecular weight is 303 g/mol. The van der Waals surface area contributed by atoms with Gasteiger partial charge in [0, 0.05) is 44.8 Å². The van der Waals surface area contributed by atoms with Gasteiger partial charge in [0.1, 0.15) is 11.6 Å². The van der Waals surface area contributed by atoms with Crippen molar-refractivity contribution in [2.75, 3.05) is 44.2 Å². The Kier molecular flexibility index (Phi) is 4.87. The Bertz CT molecular complexity index is 517. The first-order valence-electron chi connectivity index (χ1n) is 8.33. The van der Waals surface area contributed by atoms with E-state index in [1.807, 2.05) is 19.2 Å². The average Bonchev–Trinajstić information content (AvgIpc) is 3.35. The van der Waals surface area contributed by atoms with Crippen molar-refractivity contribution in [1.82, 2.24) is 20.2 Å². The van der Waals surface area contributed by atoms with Crippen LogP contribution < -0.4 is 10.2 Å². The van der Waals surface area contributed by atoms with Crippen LogP contribution in [0.1, 0.15) is 37.9 Å². The van der Waals surface area contributed by atoms with Gasteiger partial charge in [-0.15, -0.1) is 0 Å². The zero-order valence-electron chi connectivity index (χ0n) is 13.3. The van der Waals surface area contributed by atoms with Gasteiger partial charge < -0.3 is 10.2 Å². The van der Waals surface area contributed by atoms with Crippen molar-refractivity contribution in [2.45, 2.75) is 32.1 Å². The van der Waals surface area contributed by atoms with Gasteiger partial charge >= 0.3 is 0 Å². The van der Waals surface area contributed by atoms with Crippen molar-refractivity contribution >= 4 is 11.7 Å². The Hall–Kier alpha value is -1.69. The van der Waals surface area contributed by atoms with Gasteiger partial charge in [-0.25, -0.2) is 9.97 Å². The number of nitrogens with one attached hydrogen (secondary N) is 1. The molecule has 6 heteroatoms. The Morgan fingerprint density at radius 1 is 1.32 bits per heavy atom. The van der Waals surface area contributed by atoms with Crippen LogP contribution in [0.4, 0.5) is 5.82 Å². The lowest BCUT2D eigenvalue weighted by molar-refractivity contribution is -0.122. The lowest BCUT2D eigenvalue weighted by Gasteiger charge is -2.22. The molecule has 1 N–H and O–H groups in total. The van der Waals surface area contributed by atoms with Gasteiger partial charge in [-0.1, -0.05) is 0 Å². The highest BCUT2D eigenvalue weighted by atomic mass is 16.2. The normalized spacial score (nSPS) is 19.8. The second-order valence-corrected chi connectivity index (χ2v) is 6.12. The Labute approximate surface area is 131 Å². The smallest absolute Gasteiger partial charge is 0.234 e. The largest absolute Gasteiger partial charge is 0.355 e. The van der Waals surface area contributed by atoms with Crippen LogP contribution in [0.5, 0.6) is 0 Å². The minimum absolute atomic E-state index is 0.119. The molecule has 0 radical (unpaired) electrons. The summed E-state index contributed by atoms with van der Waals surface area (Å²) in [7, 11) is 0. The Morgan fingerprint density at radius 3 is 2.95 bits per heavy atom. The zero-order valence-corrected chi connectivity index (χ0v) is 13.3. The first-order valence-corrected chi connectivity index (χ1v) is 8.33. The van der Waals surface area contributed by atoms with Crippen molar-refractivity contribution in [2.24, 2.45) is 0 Å². The molecule has 120 valence electrons. The number of amides is 1. The van der Waals surface area contributed by atoms with Crippen LogP contribution in [0, 0.1) is 0 Å². The highest BCUT2D eigenvalue weighted by molar-refractivity contribution is 5.77. The molecule has 2 fully saturated rings.